The number of anilines is 1. The first-order chi connectivity index (χ1) is 8.93. The summed E-state index contributed by atoms with van der Waals surface area (Å²) in [6.45, 7) is 3.94. The predicted molar refractivity (Wildman–Crippen MR) is 77.6 cm³/mol. The number of urea groups is 1. The lowest BCUT2D eigenvalue weighted by atomic mass is 10.2. The number of halogens is 1. The van der Waals surface area contributed by atoms with Gasteiger partial charge in [-0.15, -0.1) is 0 Å². The fourth-order valence-corrected chi connectivity index (χ4v) is 2.05. The van der Waals surface area contributed by atoms with Crippen molar-refractivity contribution in [2.24, 2.45) is 0 Å². The number of carbonyl (C=O) groups excluding carboxylic acids is 1. The van der Waals surface area contributed by atoms with Crippen molar-refractivity contribution in [2.75, 3.05) is 5.32 Å². The first-order valence-electron chi connectivity index (χ1n) is 6.04. The summed E-state index contributed by atoms with van der Waals surface area (Å²) in [5.41, 5.74) is 0.324. The molecule has 0 aliphatic heterocycles. The highest BCUT2D eigenvalue weighted by molar-refractivity contribution is 9.10. The number of nitrogens with one attached hydrogen (secondary N) is 2. The van der Waals surface area contributed by atoms with E-state index in [1.54, 1.807) is 12.1 Å². The number of amides is 2. The fourth-order valence-electron chi connectivity index (χ4n) is 1.69. The Labute approximate surface area is 120 Å². The van der Waals surface area contributed by atoms with Crippen molar-refractivity contribution in [2.45, 2.75) is 32.7 Å². The van der Waals surface area contributed by atoms with Crippen molar-refractivity contribution in [3.8, 4) is 0 Å². The minimum Gasteiger partial charge on any atom is -0.478 e. The quantitative estimate of drug-likeness (QED) is 0.774. The van der Waals surface area contributed by atoms with E-state index in [0.717, 1.165) is 12.8 Å². The topological polar surface area (TPSA) is 78.4 Å². The van der Waals surface area contributed by atoms with Crippen LogP contribution in [0.2, 0.25) is 0 Å². The Bertz CT molecular complexity index is 477. The van der Waals surface area contributed by atoms with E-state index in [2.05, 4.69) is 26.6 Å². The molecule has 0 bridgehead atoms. The van der Waals surface area contributed by atoms with Gasteiger partial charge in [0.25, 0.3) is 0 Å². The predicted octanol–water partition coefficient (Wildman–Crippen LogP) is 3.46. The smallest absolute Gasteiger partial charge is 0.337 e. The SMILES string of the molecule is CCCC(C)NC(=O)Nc1ccc(Br)cc1C(=O)O. The van der Waals surface area contributed by atoms with E-state index < -0.39 is 12.0 Å². The summed E-state index contributed by atoms with van der Waals surface area (Å²) >= 11 is 3.20. The zero-order chi connectivity index (χ0) is 14.4. The van der Waals surface area contributed by atoms with Crippen LogP contribution >= 0.6 is 15.9 Å². The highest BCUT2D eigenvalue weighted by atomic mass is 79.9. The van der Waals surface area contributed by atoms with Crippen LogP contribution in [-0.4, -0.2) is 23.1 Å². The lowest BCUT2D eigenvalue weighted by Gasteiger charge is -2.14. The minimum atomic E-state index is -1.08. The second-order valence-electron chi connectivity index (χ2n) is 4.28. The van der Waals surface area contributed by atoms with Gasteiger partial charge in [-0.2, -0.15) is 0 Å². The molecule has 2 amide bonds. The van der Waals surface area contributed by atoms with Crippen molar-refractivity contribution in [1.29, 1.82) is 0 Å². The summed E-state index contributed by atoms with van der Waals surface area (Å²) in [6.07, 6.45) is 1.85. The third kappa shape index (κ3) is 4.90. The first kappa shape index (κ1) is 15.5. The second-order valence-corrected chi connectivity index (χ2v) is 5.20. The number of aromatic carboxylic acids is 1. The van der Waals surface area contributed by atoms with Gasteiger partial charge in [-0.1, -0.05) is 29.3 Å². The number of hydrogen-bond donors (Lipinski definition) is 3. The Hall–Kier alpha value is -1.56. The maximum atomic E-state index is 11.7. The van der Waals surface area contributed by atoms with Gasteiger partial charge in [0, 0.05) is 10.5 Å². The maximum absolute atomic E-state index is 11.7. The van der Waals surface area contributed by atoms with Crippen LogP contribution in [0.15, 0.2) is 22.7 Å². The molecule has 1 atom stereocenters. The Kier molecular flexibility index (Phi) is 5.82. The molecule has 0 fully saturated rings. The molecule has 0 radical (unpaired) electrons. The van der Waals surface area contributed by atoms with Crippen LogP contribution < -0.4 is 10.6 Å². The molecule has 1 aromatic carbocycles. The maximum Gasteiger partial charge on any atom is 0.337 e. The number of carboxylic acid groups (broad SMARTS) is 1. The summed E-state index contributed by atoms with van der Waals surface area (Å²) in [7, 11) is 0. The monoisotopic (exact) mass is 328 g/mol. The number of rotatable bonds is 5. The van der Waals surface area contributed by atoms with E-state index in [1.165, 1.54) is 6.07 Å². The van der Waals surface area contributed by atoms with Gasteiger partial charge in [-0.05, 0) is 31.5 Å². The zero-order valence-corrected chi connectivity index (χ0v) is 12.5. The summed E-state index contributed by atoms with van der Waals surface area (Å²) in [4.78, 5) is 22.8. The molecule has 0 spiro atoms. The Morgan fingerprint density at radius 2 is 2.11 bits per heavy atom. The van der Waals surface area contributed by atoms with E-state index in [4.69, 9.17) is 5.11 Å². The average Bonchev–Trinajstić information content (AvgIpc) is 2.31. The van der Waals surface area contributed by atoms with E-state index >= 15 is 0 Å². The van der Waals surface area contributed by atoms with Gasteiger partial charge in [0.15, 0.2) is 0 Å². The van der Waals surface area contributed by atoms with Crippen molar-refractivity contribution in [3.63, 3.8) is 0 Å². The molecule has 6 heteroatoms. The van der Waals surface area contributed by atoms with Gasteiger partial charge in [-0.25, -0.2) is 9.59 Å². The lowest BCUT2D eigenvalue weighted by molar-refractivity contribution is 0.0698. The molecule has 1 unspecified atom stereocenters. The van der Waals surface area contributed by atoms with Crippen LogP contribution in [0.4, 0.5) is 10.5 Å². The van der Waals surface area contributed by atoms with Crippen LogP contribution in [0.3, 0.4) is 0 Å². The normalized spacial score (nSPS) is 11.7. The van der Waals surface area contributed by atoms with Crippen molar-refractivity contribution in [1.82, 2.24) is 5.32 Å². The molecular weight excluding hydrogens is 312 g/mol. The van der Waals surface area contributed by atoms with Crippen molar-refractivity contribution in [3.05, 3.63) is 28.2 Å². The third-order valence-corrected chi connectivity index (χ3v) is 3.05. The van der Waals surface area contributed by atoms with Crippen LogP contribution in [0.1, 0.15) is 37.0 Å². The number of carbonyl (C=O) groups is 2. The molecule has 1 rings (SSSR count). The van der Waals surface area contributed by atoms with Gasteiger partial charge in [0.1, 0.15) is 0 Å². The highest BCUT2D eigenvalue weighted by Gasteiger charge is 2.13. The van der Waals surface area contributed by atoms with Gasteiger partial charge < -0.3 is 15.7 Å². The summed E-state index contributed by atoms with van der Waals surface area (Å²) in [5.74, 6) is -1.08. The lowest BCUT2D eigenvalue weighted by Crippen LogP contribution is -2.36. The van der Waals surface area contributed by atoms with Crippen LogP contribution in [0.5, 0.6) is 0 Å². The van der Waals surface area contributed by atoms with Gasteiger partial charge in [-0.3, -0.25) is 0 Å². The molecule has 0 heterocycles. The second kappa shape index (κ2) is 7.13. The summed E-state index contributed by atoms with van der Waals surface area (Å²) < 4.78 is 0.648. The molecule has 5 nitrogen and oxygen atoms in total. The van der Waals surface area contributed by atoms with Crippen LogP contribution in [0.25, 0.3) is 0 Å². The standard InChI is InChI=1S/C13H17BrN2O3/c1-3-4-8(2)15-13(19)16-11-6-5-9(14)7-10(11)12(17)18/h5-8H,3-4H2,1-2H3,(H,17,18)(H2,15,16,19). The molecule has 19 heavy (non-hydrogen) atoms. The van der Waals surface area contributed by atoms with E-state index in [-0.39, 0.29) is 17.3 Å². The van der Waals surface area contributed by atoms with Gasteiger partial charge in [0.2, 0.25) is 0 Å². The number of hydrogen-bond acceptors (Lipinski definition) is 2. The Balaban J connectivity index is 2.76. The van der Waals surface area contributed by atoms with Crippen molar-refractivity contribution < 1.29 is 14.7 Å². The largest absolute Gasteiger partial charge is 0.478 e. The molecular formula is C13H17BrN2O3. The third-order valence-electron chi connectivity index (χ3n) is 2.56. The Morgan fingerprint density at radius 3 is 2.68 bits per heavy atom. The Morgan fingerprint density at radius 1 is 1.42 bits per heavy atom. The molecule has 0 saturated heterocycles. The summed E-state index contributed by atoms with van der Waals surface area (Å²) in [5, 5.41) is 14.4. The average molecular weight is 329 g/mol. The van der Waals surface area contributed by atoms with E-state index in [9.17, 15) is 9.59 Å². The van der Waals surface area contributed by atoms with Gasteiger partial charge in [0.05, 0.1) is 11.3 Å². The zero-order valence-electron chi connectivity index (χ0n) is 10.9. The molecule has 3 N–H and O–H groups in total. The molecule has 0 aliphatic carbocycles. The number of carboxylic acids is 1. The fraction of sp³-hybridized carbons (Fsp3) is 0.385. The molecule has 0 aromatic heterocycles. The highest BCUT2D eigenvalue weighted by Crippen LogP contribution is 2.21. The van der Waals surface area contributed by atoms with Crippen LogP contribution in [0, 0.1) is 0 Å². The molecule has 0 saturated carbocycles. The minimum absolute atomic E-state index is 0.0488. The first-order valence-corrected chi connectivity index (χ1v) is 6.83. The van der Waals surface area contributed by atoms with Crippen LogP contribution in [-0.2, 0) is 0 Å². The van der Waals surface area contributed by atoms with Gasteiger partial charge >= 0.3 is 12.0 Å². The molecule has 1 aromatic rings. The van der Waals surface area contributed by atoms with Crippen molar-refractivity contribution >= 4 is 33.6 Å². The summed E-state index contributed by atoms with van der Waals surface area (Å²) in [6, 6.07) is 4.34. The van der Waals surface area contributed by atoms with E-state index in [1.807, 2.05) is 13.8 Å². The number of benzene rings is 1. The molecule has 0 aliphatic rings. The van der Waals surface area contributed by atoms with E-state index in [0.29, 0.717) is 4.47 Å². The molecule has 104 valence electrons.